The number of hydrogen-bond donors (Lipinski definition) is 1. The Labute approximate surface area is 111 Å². The maximum absolute atomic E-state index is 13.6. The SMILES string of the molecule is CC1CC(C)C(Sc2ccc(F)cc2F)C(N)C1. The Hall–Kier alpha value is -0.610. The largest absolute Gasteiger partial charge is 0.327 e. The second-order valence-electron chi connectivity index (χ2n) is 5.37. The first kappa shape index (κ1) is 13.8. The van der Waals surface area contributed by atoms with E-state index in [1.807, 2.05) is 0 Å². The first-order valence-electron chi connectivity index (χ1n) is 6.34. The van der Waals surface area contributed by atoms with E-state index in [-0.39, 0.29) is 11.3 Å². The van der Waals surface area contributed by atoms with E-state index < -0.39 is 11.6 Å². The molecule has 4 atom stereocenters. The highest BCUT2D eigenvalue weighted by Crippen LogP contribution is 2.39. The van der Waals surface area contributed by atoms with Crippen LogP contribution in [0, 0.1) is 23.5 Å². The Morgan fingerprint density at radius 3 is 2.56 bits per heavy atom. The highest BCUT2D eigenvalue weighted by atomic mass is 32.2. The molecule has 0 amide bonds. The molecule has 0 spiro atoms. The van der Waals surface area contributed by atoms with Crippen molar-refractivity contribution in [2.24, 2.45) is 17.6 Å². The van der Waals surface area contributed by atoms with E-state index in [1.54, 1.807) is 0 Å². The normalized spacial score (nSPS) is 32.5. The molecule has 0 radical (unpaired) electrons. The summed E-state index contributed by atoms with van der Waals surface area (Å²) in [5.41, 5.74) is 6.17. The Morgan fingerprint density at radius 2 is 1.94 bits per heavy atom. The number of nitrogens with two attached hydrogens (primary N) is 1. The molecule has 1 aliphatic rings. The van der Waals surface area contributed by atoms with Crippen molar-refractivity contribution in [1.82, 2.24) is 0 Å². The van der Waals surface area contributed by atoms with Crippen LogP contribution in [-0.2, 0) is 0 Å². The molecule has 0 saturated heterocycles. The molecular formula is C14H19F2NS. The average Bonchev–Trinajstić information content (AvgIpc) is 2.25. The molecule has 2 rings (SSSR count). The van der Waals surface area contributed by atoms with E-state index in [9.17, 15) is 8.78 Å². The van der Waals surface area contributed by atoms with Gasteiger partial charge in [0.15, 0.2) is 0 Å². The van der Waals surface area contributed by atoms with Crippen molar-refractivity contribution in [3.63, 3.8) is 0 Å². The second-order valence-corrected chi connectivity index (χ2v) is 6.59. The summed E-state index contributed by atoms with van der Waals surface area (Å²) in [5.74, 6) is 0.0626. The molecule has 1 aromatic carbocycles. The third kappa shape index (κ3) is 3.04. The van der Waals surface area contributed by atoms with Gasteiger partial charge in [-0.1, -0.05) is 13.8 Å². The summed E-state index contributed by atoms with van der Waals surface area (Å²) in [6.07, 6.45) is 2.10. The van der Waals surface area contributed by atoms with Gasteiger partial charge in [0.1, 0.15) is 11.6 Å². The Kier molecular flexibility index (Phi) is 4.28. The molecule has 100 valence electrons. The lowest BCUT2D eigenvalue weighted by molar-refractivity contribution is 0.279. The summed E-state index contributed by atoms with van der Waals surface area (Å²) >= 11 is 1.45. The number of rotatable bonds is 2. The molecule has 1 aromatic rings. The highest BCUT2D eigenvalue weighted by molar-refractivity contribution is 8.00. The van der Waals surface area contributed by atoms with Crippen LogP contribution in [0.5, 0.6) is 0 Å². The van der Waals surface area contributed by atoms with Gasteiger partial charge in [-0.3, -0.25) is 0 Å². The number of thioether (sulfide) groups is 1. The van der Waals surface area contributed by atoms with Crippen molar-refractivity contribution in [3.8, 4) is 0 Å². The van der Waals surface area contributed by atoms with Crippen LogP contribution in [0.4, 0.5) is 8.78 Å². The summed E-state index contributed by atoms with van der Waals surface area (Å²) in [6, 6.07) is 3.82. The fraction of sp³-hybridized carbons (Fsp3) is 0.571. The standard InChI is InChI=1S/C14H19F2NS/c1-8-5-9(2)14(12(17)6-8)18-13-4-3-10(15)7-11(13)16/h3-4,7-9,12,14H,5-6,17H2,1-2H3. The van der Waals surface area contributed by atoms with Gasteiger partial charge in [-0.2, -0.15) is 0 Å². The molecule has 1 nitrogen and oxygen atoms in total. The van der Waals surface area contributed by atoms with Crippen molar-refractivity contribution in [2.75, 3.05) is 0 Å². The third-order valence-corrected chi connectivity index (χ3v) is 5.26. The summed E-state index contributed by atoms with van der Waals surface area (Å²) in [5, 5.41) is 0.209. The quantitative estimate of drug-likeness (QED) is 0.885. The first-order valence-corrected chi connectivity index (χ1v) is 7.22. The lowest BCUT2D eigenvalue weighted by Gasteiger charge is -2.37. The summed E-state index contributed by atoms with van der Waals surface area (Å²) < 4.78 is 26.5. The fourth-order valence-electron chi connectivity index (χ4n) is 2.81. The van der Waals surface area contributed by atoms with Gasteiger partial charge in [0.2, 0.25) is 0 Å². The van der Waals surface area contributed by atoms with Crippen molar-refractivity contribution in [3.05, 3.63) is 29.8 Å². The van der Waals surface area contributed by atoms with Gasteiger partial charge >= 0.3 is 0 Å². The third-order valence-electron chi connectivity index (χ3n) is 3.59. The van der Waals surface area contributed by atoms with Crippen molar-refractivity contribution >= 4 is 11.8 Å². The van der Waals surface area contributed by atoms with Gasteiger partial charge in [-0.05, 0) is 36.8 Å². The number of hydrogen-bond acceptors (Lipinski definition) is 2. The first-order chi connectivity index (χ1) is 8.47. The minimum absolute atomic E-state index is 0.0817. The van der Waals surface area contributed by atoms with Crippen LogP contribution < -0.4 is 5.73 Å². The van der Waals surface area contributed by atoms with Crippen LogP contribution in [0.25, 0.3) is 0 Å². The van der Waals surface area contributed by atoms with Gasteiger partial charge in [0.05, 0.1) is 0 Å². The maximum Gasteiger partial charge on any atom is 0.139 e. The van der Waals surface area contributed by atoms with Crippen LogP contribution >= 0.6 is 11.8 Å². The molecule has 0 aromatic heterocycles. The van der Waals surface area contributed by atoms with Gasteiger partial charge in [0.25, 0.3) is 0 Å². The smallest absolute Gasteiger partial charge is 0.139 e. The Morgan fingerprint density at radius 1 is 1.22 bits per heavy atom. The zero-order chi connectivity index (χ0) is 13.3. The van der Waals surface area contributed by atoms with Crippen LogP contribution in [0.1, 0.15) is 26.7 Å². The molecule has 0 heterocycles. The maximum atomic E-state index is 13.6. The lowest BCUT2D eigenvalue weighted by atomic mass is 9.80. The summed E-state index contributed by atoms with van der Waals surface area (Å²) in [4.78, 5) is 0.498. The molecule has 0 bridgehead atoms. The van der Waals surface area contributed by atoms with E-state index in [1.165, 1.54) is 23.9 Å². The predicted molar refractivity (Wildman–Crippen MR) is 71.5 cm³/mol. The van der Waals surface area contributed by atoms with Gasteiger partial charge < -0.3 is 5.73 Å². The Balaban J connectivity index is 2.12. The lowest BCUT2D eigenvalue weighted by Crippen LogP contribution is -2.42. The van der Waals surface area contributed by atoms with Crippen molar-refractivity contribution in [1.29, 1.82) is 0 Å². The fourth-order valence-corrected chi connectivity index (χ4v) is 4.05. The zero-order valence-corrected chi connectivity index (χ0v) is 11.5. The molecule has 1 fully saturated rings. The summed E-state index contributed by atoms with van der Waals surface area (Å²) in [7, 11) is 0. The molecule has 4 unspecified atom stereocenters. The van der Waals surface area contributed by atoms with Crippen LogP contribution in [0.2, 0.25) is 0 Å². The van der Waals surface area contributed by atoms with Crippen LogP contribution in [0.15, 0.2) is 23.1 Å². The van der Waals surface area contributed by atoms with E-state index >= 15 is 0 Å². The van der Waals surface area contributed by atoms with Crippen LogP contribution in [-0.4, -0.2) is 11.3 Å². The molecule has 4 heteroatoms. The van der Waals surface area contributed by atoms with E-state index in [0.29, 0.717) is 16.7 Å². The predicted octanol–water partition coefficient (Wildman–Crippen LogP) is 3.82. The van der Waals surface area contributed by atoms with Gasteiger partial charge in [-0.25, -0.2) is 8.78 Å². The number of benzene rings is 1. The van der Waals surface area contributed by atoms with E-state index in [0.717, 1.165) is 18.9 Å². The second kappa shape index (κ2) is 5.57. The molecule has 1 aliphatic carbocycles. The average molecular weight is 271 g/mol. The van der Waals surface area contributed by atoms with Crippen molar-refractivity contribution in [2.45, 2.75) is 42.9 Å². The minimum Gasteiger partial charge on any atom is -0.327 e. The molecular weight excluding hydrogens is 252 g/mol. The highest BCUT2D eigenvalue weighted by Gasteiger charge is 2.32. The van der Waals surface area contributed by atoms with Crippen molar-refractivity contribution < 1.29 is 8.78 Å². The monoisotopic (exact) mass is 271 g/mol. The molecule has 2 N–H and O–H groups in total. The Bertz CT molecular complexity index is 412. The van der Waals surface area contributed by atoms with Gasteiger partial charge in [0, 0.05) is 22.3 Å². The molecule has 18 heavy (non-hydrogen) atoms. The van der Waals surface area contributed by atoms with E-state index in [2.05, 4.69) is 13.8 Å². The van der Waals surface area contributed by atoms with Crippen LogP contribution in [0.3, 0.4) is 0 Å². The minimum atomic E-state index is -0.536. The topological polar surface area (TPSA) is 26.0 Å². The van der Waals surface area contributed by atoms with Gasteiger partial charge in [-0.15, -0.1) is 11.8 Å². The van der Waals surface area contributed by atoms with E-state index in [4.69, 9.17) is 5.73 Å². The number of halogens is 2. The molecule has 1 saturated carbocycles. The zero-order valence-electron chi connectivity index (χ0n) is 10.7. The summed E-state index contributed by atoms with van der Waals surface area (Å²) in [6.45, 7) is 4.37. The molecule has 0 aliphatic heterocycles.